The van der Waals surface area contributed by atoms with Crippen molar-refractivity contribution in [3.8, 4) is 38.7 Å². The third kappa shape index (κ3) is 20.6. The Labute approximate surface area is 694 Å². The van der Waals surface area contributed by atoms with Crippen molar-refractivity contribution >= 4 is 144 Å². The number of sulfone groups is 3. The Morgan fingerprint density at radius 1 is 0.470 bits per heavy atom. The molecule has 0 radical (unpaired) electrons. The minimum atomic E-state index is -3.94. The average molecular weight is 1780 g/mol. The van der Waals surface area contributed by atoms with Gasteiger partial charge in [-0.05, 0) is 132 Å². The minimum Gasteiger partial charge on any atom is -0.497 e. The van der Waals surface area contributed by atoms with E-state index in [2.05, 4.69) is 82.7 Å². The van der Waals surface area contributed by atoms with Gasteiger partial charge in [0.05, 0.1) is 118 Å². The molecule has 0 fully saturated rings. The molecular formula is C79H64BrClFN13O16S6. The van der Waals surface area contributed by atoms with Gasteiger partial charge in [-0.2, -0.15) is 0 Å². The Hall–Kier alpha value is -12.6. The number of nitrogens with one attached hydrogen (secondary N) is 7. The van der Waals surface area contributed by atoms with Gasteiger partial charge < -0.3 is 51.1 Å². The minimum absolute atomic E-state index is 0.0435. The fourth-order valence-corrected chi connectivity index (χ4v) is 18.9. The Bertz CT molecular complexity index is 6370. The fourth-order valence-electron chi connectivity index (χ4n) is 11.2. The standard InChI is InChI=1S/C24H18N4O5S2.C23H16N4O5S2.C18H12ClN3O4S2.C7H9NO.C6H6BrNO.CH3F/c1-33-15-8-9-25-19(11-15)24-27-13-16(34-24)12-26-22(29)14-6-7-21-18(10-14)28-23(30)17-4-2-3-5-20(17)35(21,31)32;28-14-7-8-24-18(10-14)23-26-12-15(33-23)11-25-21(29)13-5-6-20-17(9-13)27-22(30)16-3-1-2-4-19(16)34(20,31)32;19-18-21-9-11(27-18)8-20-16(23)10-5-6-15-13(7-10)22-17(24)12-3-1-2-4-14(12)28(15,25)26;1-6-5-7(9-2)3-4-8-6;1-9-5-2-3-8-6(7)4-5;1-2/h2-11,13H,12H2,1H3,(H,26,29)(H,28,30);1-10,12H,11H2,(H,24,28)(H,25,29)(H,27,30);1-7,9H,8H2,(H,20,23)(H,22,24);3-5H,1-2H3;2-4H,1H3;1H3/i;;;;;1D. The number of aryl methyl sites for hydroxylation is 1. The van der Waals surface area contributed by atoms with E-state index in [-0.39, 0.29) is 105 Å². The lowest BCUT2D eigenvalue weighted by Gasteiger charge is -2.10. The average Bonchev–Trinajstić information content (AvgIpc) is 1.61. The van der Waals surface area contributed by atoms with Crippen molar-refractivity contribution in [1.82, 2.24) is 50.8 Å². The van der Waals surface area contributed by atoms with Gasteiger partial charge in [-0.1, -0.05) is 48.0 Å². The smallest absolute Gasteiger partial charge is 0.257 e. The van der Waals surface area contributed by atoms with Crippen LogP contribution in [-0.4, -0.2) is 124 Å². The lowest BCUT2D eigenvalue weighted by atomic mass is 10.1. The second kappa shape index (κ2) is 38.2. The molecule has 7 aromatic heterocycles. The SMILES string of the molecule is COc1ccnc(-c2ncc(CNC(=O)c3ccc4c(c3)NC(=O)c3ccccc3S4(=O)=O)s2)c1.COc1ccnc(Br)c1.COc1ccnc(C)c1.O=C(NCc1cnc(-c2cc(=O)cc[nH]2)s1)c1ccc2c(c1)NC(=O)c1ccccc1S2(=O)=O.O=C(NCc1cnc(Cl)s1)c1ccc2c(c1)NC(=O)c1ccccc1S2(=O)=O.[2H]CF. The summed E-state index contributed by atoms with van der Waals surface area (Å²) in [5.41, 5.74) is 3.04. The molecule has 117 heavy (non-hydrogen) atoms. The van der Waals surface area contributed by atoms with Gasteiger partial charge in [-0.15, -0.1) is 34.0 Å². The molecule has 7 N–H and O–H groups in total. The highest BCUT2D eigenvalue weighted by Gasteiger charge is 2.35. The number of ether oxygens (including phenoxy) is 3. The van der Waals surface area contributed by atoms with E-state index in [1.807, 2.05) is 19.1 Å². The van der Waals surface area contributed by atoms with Crippen molar-refractivity contribution in [2.75, 3.05) is 44.4 Å². The molecule has 0 saturated carbocycles. The number of benzene rings is 6. The van der Waals surface area contributed by atoms with Crippen LogP contribution in [0, 0.1) is 6.92 Å². The summed E-state index contributed by atoms with van der Waals surface area (Å²) in [5.74, 6) is -0.597. The van der Waals surface area contributed by atoms with Crippen LogP contribution in [0.3, 0.4) is 0 Å². The number of aromatic amines is 1. The normalized spacial score (nSPS) is 13.1. The van der Waals surface area contributed by atoms with Gasteiger partial charge in [0.15, 0.2) is 9.90 Å². The maximum Gasteiger partial charge on any atom is 0.257 e. The summed E-state index contributed by atoms with van der Waals surface area (Å²) in [6.07, 6.45) is 11.4. The number of carbonyl (C=O) groups excluding carboxylic acids is 6. The molecule has 0 spiro atoms. The van der Waals surface area contributed by atoms with Gasteiger partial charge in [0.25, 0.3) is 35.4 Å². The number of alkyl halides is 1. The van der Waals surface area contributed by atoms with E-state index >= 15 is 0 Å². The zero-order chi connectivity index (χ0) is 84.4. The lowest BCUT2D eigenvalue weighted by molar-refractivity contribution is 0.0943. The summed E-state index contributed by atoms with van der Waals surface area (Å²) in [5, 5.41) is 17.4. The van der Waals surface area contributed by atoms with Crippen LogP contribution < -0.4 is 51.5 Å². The van der Waals surface area contributed by atoms with Crippen LogP contribution in [0.15, 0.2) is 258 Å². The third-order valence-corrected chi connectivity index (χ3v) is 25.9. The number of H-pyrrole nitrogens is 1. The molecule has 29 nitrogen and oxygen atoms in total. The maximum absolute atomic E-state index is 13.1. The Kier molecular flexibility index (Phi) is 27.4. The van der Waals surface area contributed by atoms with Crippen LogP contribution in [0.2, 0.25) is 4.47 Å². The highest BCUT2D eigenvalue weighted by atomic mass is 79.9. The highest BCUT2D eigenvalue weighted by molar-refractivity contribution is 9.10. The number of hydrogen-bond donors (Lipinski definition) is 7. The van der Waals surface area contributed by atoms with Gasteiger partial charge in [0, 0.05) is 111 Å². The van der Waals surface area contributed by atoms with Crippen molar-refractivity contribution in [2.45, 2.75) is 55.9 Å². The molecule has 598 valence electrons. The number of fused-ring (bicyclic) bond motifs is 6. The number of rotatable bonds is 14. The number of thiazole rings is 3. The number of anilines is 3. The van der Waals surface area contributed by atoms with Gasteiger partial charge in [-0.3, -0.25) is 47.9 Å². The molecule has 3 aliphatic rings. The summed E-state index contributed by atoms with van der Waals surface area (Å²) < 4.78 is 110. The number of pyridine rings is 4. The summed E-state index contributed by atoms with van der Waals surface area (Å²) in [7, 11) is -7.93. The molecule has 6 aromatic carbocycles. The second-order valence-corrected chi connectivity index (χ2v) is 34.7. The van der Waals surface area contributed by atoms with Crippen LogP contribution in [-0.2, 0) is 49.1 Å². The molecule has 0 unspecified atom stereocenters. The Morgan fingerprint density at radius 3 is 1.25 bits per heavy atom. The quantitative estimate of drug-likeness (QED) is 0.0497. The predicted octanol–water partition coefficient (Wildman–Crippen LogP) is 13.3. The summed E-state index contributed by atoms with van der Waals surface area (Å²) in [6.45, 7) is 2.56. The molecule has 6 amide bonds. The first-order valence-electron chi connectivity index (χ1n) is 34.7. The third-order valence-electron chi connectivity index (χ3n) is 16.7. The topological polar surface area (TPSA) is 415 Å². The molecule has 0 atom stereocenters. The number of amides is 6. The van der Waals surface area contributed by atoms with E-state index in [4.69, 9.17) is 27.2 Å². The Balaban J connectivity index is 0.000000155. The van der Waals surface area contributed by atoms with Gasteiger partial charge in [-0.25, -0.2) is 45.2 Å². The molecular weight excluding hydrogens is 1710 g/mol. The van der Waals surface area contributed by atoms with Crippen molar-refractivity contribution in [1.29, 1.82) is 0 Å². The zero-order valence-corrected chi connectivity index (χ0v) is 68.7. The monoisotopic (exact) mass is 1780 g/mol. The summed E-state index contributed by atoms with van der Waals surface area (Å²) in [6, 6.07) is 43.9. The van der Waals surface area contributed by atoms with Gasteiger partial charge >= 0.3 is 0 Å². The maximum atomic E-state index is 13.1. The first kappa shape index (κ1) is 83.8. The Morgan fingerprint density at radius 2 is 0.855 bits per heavy atom. The summed E-state index contributed by atoms with van der Waals surface area (Å²) >= 11 is 12.9. The van der Waals surface area contributed by atoms with Crippen LogP contribution in [0.25, 0.3) is 21.4 Å². The largest absolute Gasteiger partial charge is 0.497 e. The van der Waals surface area contributed by atoms with Gasteiger partial charge in [0.1, 0.15) is 37.6 Å². The molecule has 3 aliphatic heterocycles. The zero-order valence-electron chi connectivity index (χ0n) is 62.4. The molecule has 10 heterocycles. The molecule has 38 heteroatoms. The van der Waals surface area contributed by atoms with E-state index in [1.54, 1.807) is 119 Å². The predicted molar refractivity (Wildman–Crippen MR) is 441 cm³/mol. The molecule has 13 aromatic rings. The van der Waals surface area contributed by atoms with Crippen molar-refractivity contribution in [3.63, 3.8) is 0 Å². The van der Waals surface area contributed by atoms with Gasteiger partial charge in [0.2, 0.25) is 29.5 Å². The van der Waals surface area contributed by atoms with Crippen molar-refractivity contribution in [3.05, 3.63) is 292 Å². The second-order valence-electron chi connectivity index (χ2n) is 24.3. The van der Waals surface area contributed by atoms with E-state index in [9.17, 15) is 63.2 Å². The van der Waals surface area contributed by atoms with E-state index in [0.717, 1.165) is 36.4 Å². The number of hydrogen-bond acceptors (Lipinski definition) is 25. The van der Waals surface area contributed by atoms with E-state index in [0.29, 0.717) is 31.6 Å². The van der Waals surface area contributed by atoms with Crippen LogP contribution in [0.4, 0.5) is 21.5 Å². The number of carbonyl (C=O) groups is 6. The van der Waals surface area contributed by atoms with E-state index in [1.165, 1.54) is 143 Å². The lowest BCUT2D eigenvalue weighted by Crippen LogP contribution is -2.22. The summed E-state index contributed by atoms with van der Waals surface area (Å²) in [4.78, 5) is 117. The number of methoxy groups -OCH3 is 3. The molecule has 0 saturated heterocycles. The van der Waals surface area contributed by atoms with Crippen molar-refractivity contribution < 1.29 is 74.0 Å². The number of halogens is 3. The fraction of sp³-hybridized carbons (Fsp3) is 0.101. The first-order chi connectivity index (χ1) is 56.6. The number of aromatic nitrogens is 7. The van der Waals surface area contributed by atoms with Crippen LogP contribution in [0.5, 0.6) is 17.2 Å². The molecule has 0 aliphatic carbocycles. The van der Waals surface area contributed by atoms with Crippen LogP contribution in [0.1, 0.15) is 83.8 Å². The molecule has 0 bridgehead atoms. The first-order valence-corrected chi connectivity index (χ1v) is 42.1. The van der Waals surface area contributed by atoms with Crippen molar-refractivity contribution in [2.24, 2.45) is 0 Å². The molecule has 16 rings (SSSR count). The van der Waals surface area contributed by atoms with Crippen LogP contribution >= 0.6 is 61.5 Å². The van der Waals surface area contributed by atoms with E-state index < -0.39 is 72.1 Å². The number of nitrogens with zero attached hydrogens (tertiary/aromatic N) is 6. The highest BCUT2D eigenvalue weighted by Crippen LogP contribution is 2.38.